The summed E-state index contributed by atoms with van der Waals surface area (Å²) in [6.07, 6.45) is 7.13. The third-order valence-corrected chi connectivity index (χ3v) is 7.02. The molecule has 0 aromatic heterocycles. The largest absolute Gasteiger partial charge is 0.342 e. The van der Waals surface area contributed by atoms with E-state index in [0.29, 0.717) is 6.42 Å². The molecule has 0 saturated carbocycles. The van der Waals surface area contributed by atoms with E-state index >= 15 is 0 Å². The van der Waals surface area contributed by atoms with Crippen LogP contribution in [0.1, 0.15) is 57.9 Å². The minimum Gasteiger partial charge on any atom is -0.342 e. The van der Waals surface area contributed by atoms with E-state index in [1.54, 1.807) is 16.7 Å². The summed E-state index contributed by atoms with van der Waals surface area (Å²) in [6.45, 7) is 8.17. The molecule has 2 atom stereocenters. The van der Waals surface area contributed by atoms with Crippen molar-refractivity contribution in [2.75, 3.05) is 0 Å². The molecule has 146 valence electrons. The zero-order valence-electron chi connectivity index (χ0n) is 16.4. The lowest BCUT2D eigenvalue weighted by Gasteiger charge is -2.41. The smallest absolute Gasteiger partial charge is 0.253 e. The van der Waals surface area contributed by atoms with E-state index < -0.39 is 0 Å². The van der Waals surface area contributed by atoms with Crippen molar-refractivity contribution < 1.29 is 9.59 Å². The van der Waals surface area contributed by atoms with Crippen molar-refractivity contribution in [3.63, 3.8) is 0 Å². The highest BCUT2D eigenvalue weighted by atomic mass is 32.2. The van der Waals surface area contributed by atoms with E-state index in [-0.39, 0.29) is 28.0 Å². The summed E-state index contributed by atoms with van der Waals surface area (Å²) < 4.78 is -0.139. The summed E-state index contributed by atoms with van der Waals surface area (Å²) in [5.74, 6) is -0.0226. The highest BCUT2D eigenvalue weighted by molar-refractivity contribution is 8.01. The van der Waals surface area contributed by atoms with Crippen LogP contribution in [0.3, 0.4) is 0 Å². The fraction of sp³-hybridized carbons (Fsp3) is 0.545. The van der Waals surface area contributed by atoms with Crippen molar-refractivity contribution in [2.45, 2.75) is 75.0 Å². The van der Waals surface area contributed by atoms with Crippen LogP contribution in [0.4, 0.5) is 0 Å². The van der Waals surface area contributed by atoms with Gasteiger partial charge in [0.1, 0.15) is 11.4 Å². The molecular weight excluding hydrogens is 356 g/mol. The van der Waals surface area contributed by atoms with Gasteiger partial charge in [-0.25, -0.2) is 0 Å². The van der Waals surface area contributed by atoms with E-state index in [1.807, 2.05) is 6.07 Å². The molecule has 2 saturated heterocycles. The van der Waals surface area contributed by atoms with Gasteiger partial charge in [0, 0.05) is 12.1 Å². The van der Waals surface area contributed by atoms with Gasteiger partial charge in [-0.3, -0.25) is 14.5 Å². The maximum Gasteiger partial charge on any atom is 0.253 e. The summed E-state index contributed by atoms with van der Waals surface area (Å²) >= 11 is 1.71. The standard InChI is InChI=1S/C22H30N2O2S/c1-16-22(2,3)27-21-19(20(26)24(16)21)23-18(25)15-11-6-4-5-8-12-17-13-9-7-10-14-17/h7,9-10,13-14,19,21H,1,4-6,8,11-12,15H2,2-3H3,(H,23,25)/t19-,21-/m1/s1. The van der Waals surface area contributed by atoms with Gasteiger partial charge in [0.05, 0.1) is 4.75 Å². The molecule has 0 unspecified atom stereocenters. The minimum absolute atomic E-state index is 0.00629. The number of carbonyl (C=O) groups is 2. The Kier molecular flexibility index (Phi) is 6.30. The fourth-order valence-corrected chi connectivity index (χ4v) is 5.19. The van der Waals surface area contributed by atoms with Crippen LogP contribution in [0.25, 0.3) is 0 Å². The van der Waals surface area contributed by atoms with Gasteiger partial charge in [-0.05, 0) is 38.7 Å². The van der Waals surface area contributed by atoms with E-state index in [1.165, 1.54) is 18.4 Å². The molecule has 0 bridgehead atoms. The number of benzene rings is 1. The number of thioether (sulfide) groups is 1. The quantitative estimate of drug-likeness (QED) is 0.509. The molecule has 2 heterocycles. The zero-order chi connectivity index (χ0) is 19.4. The van der Waals surface area contributed by atoms with Gasteiger partial charge in [0.15, 0.2) is 0 Å². The molecule has 0 spiro atoms. The van der Waals surface area contributed by atoms with Crippen molar-refractivity contribution >= 4 is 23.6 Å². The number of amides is 2. The number of nitrogens with one attached hydrogen (secondary N) is 1. The molecule has 0 aliphatic carbocycles. The second-order valence-electron chi connectivity index (χ2n) is 7.97. The molecule has 1 N–H and O–H groups in total. The number of hydrogen-bond acceptors (Lipinski definition) is 3. The molecule has 3 rings (SSSR count). The Morgan fingerprint density at radius 2 is 1.81 bits per heavy atom. The molecule has 5 heteroatoms. The van der Waals surface area contributed by atoms with E-state index in [9.17, 15) is 9.59 Å². The second kappa shape index (κ2) is 8.51. The van der Waals surface area contributed by atoms with Gasteiger partial charge in [0.2, 0.25) is 5.91 Å². The average Bonchev–Trinajstić information content (AvgIpc) is 2.86. The van der Waals surface area contributed by atoms with Crippen molar-refractivity contribution in [1.82, 2.24) is 10.2 Å². The Bertz CT molecular complexity index is 702. The Balaban J connectivity index is 1.27. The van der Waals surface area contributed by atoms with Gasteiger partial charge < -0.3 is 5.32 Å². The first-order valence-electron chi connectivity index (χ1n) is 9.94. The molecule has 2 amide bonds. The third kappa shape index (κ3) is 4.57. The van der Waals surface area contributed by atoms with Crippen LogP contribution in [0, 0.1) is 0 Å². The molecular formula is C22H30N2O2S. The number of aryl methyl sites for hydroxylation is 1. The Morgan fingerprint density at radius 3 is 2.56 bits per heavy atom. The van der Waals surface area contributed by atoms with Gasteiger partial charge in [-0.15, -0.1) is 11.8 Å². The maximum atomic E-state index is 12.3. The number of hydrogen-bond donors (Lipinski definition) is 1. The van der Waals surface area contributed by atoms with Crippen molar-refractivity contribution in [2.24, 2.45) is 0 Å². The average molecular weight is 387 g/mol. The predicted octanol–water partition coefficient (Wildman–Crippen LogP) is 4.26. The lowest BCUT2D eigenvalue weighted by molar-refractivity contribution is -0.145. The van der Waals surface area contributed by atoms with Crippen LogP contribution >= 0.6 is 11.8 Å². The highest BCUT2D eigenvalue weighted by Gasteiger charge is 2.58. The van der Waals surface area contributed by atoms with Crippen LogP contribution in [-0.2, 0) is 16.0 Å². The third-order valence-electron chi connectivity index (χ3n) is 5.47. The summed E-state index contributed by atoms with van der Waals surface area (Å²) in [5.41, 5.74) is 2.25. The predicted molar refractivity (Wildman–Crippen MR) is 111 cm³/mol. The van der Waals surface area contributed by atoms with E-state index in [0.717, 1.165) is 31.4 Å². The van der Waals surface area contributed by atoms with E-state index in [2.05, 4.69) is 50.0 Å². The summed E-state index contributed by atoms with van der Waals surface area (Å²) in [7, 11) is 0. The molecule has 0 radical (unpaired) electrons. The lowest BCUT2D eigenvalue weighted by Crippen LogP contribution is -2.66. The topological polar surface area (TPSA) is 49.4 Å². The number of nitrogens with zero attached hydrogens (tertiary/aromatic N) is 1. The van der Waals surface area contributed by atoms with Gasteiger partial charge >= 0.3 is 0 Å². The molecule has 4 nitrogen and oxygen atoms in total. The molecule has 1 aromatic carbocycles. The monoisotopic (exact) mass is 386 g/mol. The summed E-state index contributed by atoms with van der Waals surface area (Å²) in [4.78, 5) is 26.2. The minimum atomic E-state index is -0.383. The lowest BCUT2D eigenvalue weighted by atomic mass is 10.0. The molecule has 27 heavy (non-hydrogen) atoms. The summed E-state index contributed by atoms with van der Waals surface area (Å²) in [5, 5.41) is 2.94. The van der Waals surface area contributed by atoms with Crippen molar-refractivity contribution in [1.29, 1.82) is 0 Å². The van der Waals surface area contributed by atoms with Gasteiger partial charge in [0.25, 0.3) is 5.91 Å². The number of rotatable bonds is 9. The Labute approximate surface area is 166 Å². The second-order valence-corrected chi connectivity index (χ2v) is 9.71. The van der Waals surface area contributed by atoms with Crippen LogP contribution in [-0.4, -0.2) is 32.9 Å². The SMILES string of the molecule is C=C1N2C(=O)[C@@H](NC(=O)CCCCCCCc3ccccc3)[C@H]2SC1(C)C. The number of unbranched alkanes of at least 4 members (excludes halogenated alkanes) is 4. The first-order valence-corrected chi connectivity index (χ1v) is 10.8. The number of β-lactam (4-membered cyclic amide) rings is 1. The first kappa shape index (κ1) is 20.0. The normalized spacial score (nSPS) is 23.1. The van der Waals surface area contributed by atoms with Crippen LogP contribution in [0.15, 0.2) is 42.6 Å². The van der Waals surface area contributed by atoms with Crippen LogP contribution in [0.2, 0.25) is 0 Å². The van der Waals surface area contributed by atoms with Crippen molar-refractivity contribution in [3.8, 4) is 0 Å². The molecule has 2 aliphatic heterocycles. The first-order chi connectivity index (χ1) is 12.9. The van der Waals surface area contributed by atoms with Crippen LogP contribution < -0.4 is 5.32 Å². The fourth-order valence-electron chi connectivity index (χ4n) is 3.70. The zero-order valence-corrected chi connectivity index (χ0v) is 17.2. The van der Waals surface area contributed by atoms with Crippen molar-refractivity contribution in [3.05, 3.63) is 48.2 Å². The van der Waals surface area contributed by atoms with E-state index in [4.69, 9.17) is 0 Å². The maximum absolute atomic E-state index is 12.3. The molecule has 2 fully saturated rings. The van der Waals surface area contributed by atoms with Gasteiger partial charge in [-0.1, -0.05) is 56.2 Å². The Hall–Kier alpha value is -1.75. The van der Waals surface area contributed by atoms with Crippen LogP contribution in [0.5, 0.6) is 0 Å². The number of fused-ring (bicyclic) bond motifs is 1. The Morgan fingerprint density at radius 1 is 1.15 bits per heavy atom. The molecule has 2 aliphatic rings. The highest BCUT2D eigenvalue weighted by Crippen LogP contribution is 2.52. The number of carbonyl (C=O) groups excluding carboxylic acids is 2. The molecule has 1 aromatic rings. The summed E-state index contributed by atoms with van der Waals surface area (Å²) in [6, 6.07) is 10.2. The van der Waals surface area contributed by atoms with Gasteiger partial charge in [-0.2, -0.15) is 0 Å².